The lowest BCUT2D eigenvalue weighted by molar-refractivity contribution is -0.137. The number of hydrogen-bond acceptors (Lipinski definition) is 5. The number of hydrogen-bond donors (Lipinski definition) is 2. The fourth-order valence-corrected chi connectivity index (χ4v) is 3.71. The first kappa shape index (κ1) is 21.9. The lowest BCUT2D eigenvalue weighted by Gasteiger charge is -2.28. The van der Waals surface area contributed by atoms with E-state index in [0.717, 1.165) is 36.3 Å². The third-order valence-corrected chi connectivity index (χ3v) is 5.62. The summed E-state index contributed by atoms with van der Waals surface area (Å²) in [5, 5.41) is 6.78. The standard InChI is InChI=1S/C24H20F3N5O2/c25-24(26,27)16-3-1-15(2-4-16)11-21(33)31-17-5-7-19(8-6-17)34-23-20-9-10-32(18-12-28-13-18)22(20)29-14-30-23/h1-10,14,18,28H,11-13H2,(H,31,33). The topological polar surface area (TPSA) is 81.1 Å². The van der Waals surface area contributed by atoms with E-state index < -0.39 is 11.7 Å². The van der Waals surface area contributed by atoms with Gasteiger partial charge < -0.3 is 19.9 Å². The lowest BCUT2D eigenvalue weighted by Crippen LogP contribution is -2.43. The minimum Gasteiger partial charge on any atom is -0.438 e. The van der Waals surface area contributed by atoms with Crippen LogP contribution in [0, 0.1) is 0 Å². The Labute approximate surface area is 192 Å². The maximum Gasteiger partial charge on any atom is 0.416 e. The Balaban J connectivity index is 1.22. The van der Waals surface area contributed by atoms with Gasteiger partial charge in [0, 0.05) is 25.0 Å². The molecule has 7 nitrogen and oxygen atoms in total. The monoisotopic (exact) mass is 467 g/mol. The van der Waals surface area contributed by atoms with Crippen LogP contribution in [0.5, 0.6) is 11.6 Å². The molecule has 0 unspecified atom stereocenters. The van der Waals surface area contributed by atoms with Crippen molar-refractivity contribution in [2.24, 2.45) is 0 Å². The molecule has 1 amide bonds. The normalized spacial score (nSPS) is 14.1. The Hall–Kier alpha value is -3.92. The zero-order valence-electron chi connectivity index (χ0n) is 17.8. The van der Waals surface area contributed by atoms with Gasteiger partial charge in [0.2, 0.25) is 11.8 Å². The van der Waals surface area contributed by atoms with Crippen molar-refractivity contribution in [3.63, 3.8) is 0 Å². The van der Waals surface area contributed by atoms with E-state index in [9.17, 15) is 18.0 Å². The molecule has 4 aromatic rings. The predicted octanol–water partition coefficient (Wildman–Crippen LogP) is 4.57. The molecule has 0 spiro atoms. The van der Waals surface area contributed by atoms with Crippen molar-refractivity contribution in [1.29, 1.82) is 0 Å². The Morgan fingerprint density at radius 2 is 1.79 bits per heavy atom. The molecular weight excluding hydrogens is 447 g/mol. The Morgan fingerprint density at radius 3 is 2.44 bits per heavy atom. The van der Waals surface area contributed by atoms with Gasteiger partial charge in [0.15, 0.2) is 0 Å². The second-order valence-electron chi connectivity index (χ2n) is 8.00. The van der Waals surface area contributed by atoms with Crippen LogP contribution in [-0.2, 0) is 17.4 Å². The van der Waals surface area contributed by atoms with Crippen LogP contribution in [0.15, 0.2) is 67.1 Å². The smallest absolute Gasteiger partial charge is 0.416 e. The number of carbonyl (C=O) groups is 1. The first-order valence-corrected chi connectivity index (χ1v) is 10.6. The molecule has 0 radical (unpaired) electrons. The molecule has 0 aliphatic carbocycles. The van der Waals surface area contributed by atoms with Gasteiger partial charge in [0.25, 0.3) is 0 Å². The van der Waals surface area contributed by atoms with Crippen LogP contribution in [0.2, 0.25) is 0 Å². The van der Waals surface area contributed by atoms with Crippen molar-refractivity contribution in [2.75, 3.05) is 18.4 Å². The maximum absolute atomic E-state index is 12.7. The number of benzene rings is 2. The van der Waals surface area contributed by atoms with Crippen LogP contribution in [-0.4, -0.2) is 33.5 Å². The Bertz CT molecular complexity index is 1310. The third kappa shape index (κ3) is 4.58. The van der Waals surface area contributed by atoms with Crippen molar-refractivity contribution >= 4 is 22.6 Å². The van der Waals surface area contributed by atoms with Crippen LogP contribution in [0.1, 0.15) is 17.2 Å². The summed E-state index contributed by atoms with van der Waals surface area (Å²) in [5.74, 6) is 0.645. The highest BCUT2D eigenvalue weighted by atomic mass is 19.4. The maximum atomic E-state index is 12.7. The average molecular weight is 467 g/mol. The SMILES string of the molecule is O=C(Cc1ccc(C(F)(F)F)cc1)Nc1ccc(Oc2ncnc3c2ccn3C2CNC2)cc1. The third-order valence-electron chi connectivity index (χ3n) is 5.62. The van der Waals surface area contributed by atoms with Gasteiger partial charge in [-0.3, -0.25) is 4.79 Å². The molecule has 10 heteroatoms. The van der Waals surface area contributed by atoms with Crippen molar-refractivity contribution in [2.45, 2.75) is 18.6 Å². The van der Waals surface area contributed by atoms with Crippen LogP contribution in [0.4, 0.5) is 18.9 Å². The van der Waals surface area contributed by atoms with E-state index in [1.165, 1.54) is 18.5 Å². The highest BCUT2D eigenvalue weighted by Crippen LogP contribution is 2.31. The second kappa shape index (κ2) is 8.79. The van der Waals surface area contributed by atoms with Crippen LogP contribution >= 0.6 is 0 Å². The van der Waals surface area contributed by atoms with E-state index in [2.05, 4.69) is 25.2 Å². The van der Waals surface area contributed by atoms with Gasteiger partial charge in [-0.1, -0.05) is 12.1 Å². The molecule has 3 heterocycles. The minimum atomic E-state index is -4.40. The summed E-state index contributed by atoms with van der Waals surface area (Å²) in [5.41, 5.74) is 1.09. The molecule has 1 fully saturated rings. The molecule has 174 valence electrons. The van der Waals surface area contributed by atoms with Crippen molar-refractivity contribution < 1.29 is 22.7 Å². The molecule has 2 aromatic heterocycles. The summed E-state index contributed by atoms with van der Waals surface area (Å²) in [6.07, 6.45) is -0.994. The zero-order chi connectivity index (χ0) is 23.7. The molecular formula is C24H20F3N5O2. The highest BCUT2D eigenvalue weighted by molar-refractivity contribution is 5.92. The van der Waals surface area contributed by atoms with Crippen LogP contribution in [0.25, 0.3) is 11.0 Å². The van der Waals surface area contributed by atoms with E-state index >= 15 is 0 Å². The largest absolute Gasteiger partial charge is 0.438 e. The van der Waals surface area contributed by atoms with E-state index in [0.29, 0.717) is 28.9 Å². The van der Waals surface area contributed by atoms with Crippen LogP contribution < -0.4 is 15.4 Å². The first-order chi connectivity index (χ1) is 16.4. The fraction of sp³-hybridized carbons (Fsp3) is 0.208. The summed E-state index contributed by atoms with van der Waals surface area (Å²) < 4.78 is 46.1. The summed E-state index contributed by atoms with van der Waals surface area (Å²) in [7, 11) is 0. The first-order valence-electron chi connectivity index (χ1n) is 10.6. The number of fused-ring (bicyclic) bond motifs is 1. The summed E-state index contributed by atoms with van der Waals surface area (Å²) in [6, 6.07) is 13.6. The number of nitrogens with zero attached hydrogens (tertiary/aromatic N) is 3. The van der Waals surface area contributed by atoms with E-state index in [1.54, 1.807) is 24.3 Å². The van der Waals surface area contributed by atoms with Gasteiger partial charge in [0.1, 0.15) is 17.7 Å². The molecule has 2 aromatic carbocycles. The highest BCUT2D eigenvalue weighted by Gasteiger charge is 2.30. The predicted molar refractivity (Wildman–Crippen MR) is 120 cm³/mol. The molecule has 5 rings (SSSR count). The Kier molecular flexibility index (Phi) is 5.66. The van der Waals surface area contributed by atoms with E-state index in [4.69, 9.17) is 4.74 Å². The molecule has 1 aliphatic rings. The van der Waals surface area contributed by atoms with Gasteiger partial charge in [-0.05, 0) is 48.0 Å². The van der Waals surface area contributed by atoms with Crippen molar-refractivity contribution in [3.8, 4) is 11.6 Å². The zero-order valence-corrected chi connectivity index (χ0v) is 17.8. The van der Waals surface area contributed by atoms with Gasteiger partial charge in [-0.2, -0.15) is 13.2 Å². The number of ether oxygens (including phenoxy) is 1. The number of aromatic nitrogens is 3. The van der Waals surface area contributed by atoms with Crippen LogP contribution in [0.3, 0.4) is 0 Å². The molecule has 0 bridgehead atoms. The lowest BCUT2D eigenvalue weighted by atomic mass is 10.1. The number of halogens is 3. The van der Waals surface area contributed by atoms with E-state index in [1.807, 2.05) is 12.3 Å². The van der Waals surface area contributed by atoms with E-state index in [-0.39, 0.29) is 12.3 Å². The number of carbonyl (C=O) groups excluding carboxylic acids is 1. The molecule has 1 saturated heterocycles. The molecule has 1 aliphatic heterocycles. The van der Waals surface area contributed by atoms with Gasteiger partial charge >= 0.3 is 6.18 Å². The molecule has 2 N–H and O–H groups in total. The van der Waals surface area contributed by atoms with Gasteiger partial charge in [-0.15, -0.1) is 0 Å². The molecule has 0 atom stereocenters. The van der Waals surface area contributed by atoms with Gasteiger partial charge in [-0.25, -0.2) is 9.97 Å². The number of amides is 1. The van der Waals surface area contributed by atoms with Crippen molar-refractivity contribution in [3.05, 3.63) is 78.2 Å². The van der Waals surface area contributed by atoms with Gasteiger partial charge in [0.05, 0.1) is 23.4 Å². The molecule has 34 heavy (non-hydrogen) atoms. The minimum absolute atomic E-state index is 0.0389. The quantitative estimate of drug-likeness (QED) is 0.434. The number of anilines is 1. The summed E-state index contributed by atoms with van der Waals surface area (Å²) >= 11 is 0. The summed E-state index contributed by atoms with van der Waals surface area (Å²) in [6.45, 7) is 1.80. The fourth-order valence-electron chi connectivity index (χ4n) is 3.71. The molecule has 0 saturated carbocycles. The Morgan fingerprint density at radius 1 is 1.06 bits per heavy atom. The second-order valence-corrected chi connectivity index (χ2v) is 8.00. The number of nitrogens with one attached hydrogen (secondary N) is 2. The number of rotatable bonds is 6. The summed E-state index contributed by atoms with van der Waals surface area (Å²) in [4.78, 5) is 20.9. The van der Waals surface area contributed by atoms with Crippen molar-refractivity contribution in [1.82, 2.24) is 19.9 Å². The number of alkyl halides is 3. The average Bonchev–Trinajstić information content (AvgIpc) is 3.18.